The summed E-state index contributed by atoms with van der Waals surface area (Å²) < 4.78 is 5.50. The summed E-state index contributed by atoms with van der Waals surface area (Å²) >= 11 is 0. The molecule has 2 rings (SSSR count). The van der Waals surface area contributed by atoms with Gasteiger partial charge in [0.05, 0.1) is 12.5 Å². The summed E-state index contributed by atoms with van der Waals surface area (Å²) in [5.41, 5.74) is 0. The Morgan fingerprint density at radius 1 is 0.955 bits per heavy atom. The molecule has 2 heteroatoms. The molecule has 0 N–H and O–H groups in total. The Morgan fingerprint density at radius 3 is 2.00 bits per heavy atom. The van der Waals surface area contributed by atoms with Crippen LogP contribution in [0, 0.1) is 29.6 Å². The van der Waals surface area contributed by atoms with Gasteiger partial charge in [-0.15, -0.1) is 0 Å². The molecule has 22 heavy (non-hydrogen) atoms. The van der Waals surface area contributed by atoms with E-state index in [2.05, 4.69) is 20.8 Å². The van der Waals surface area contributed by atoms with Crippen molar-refractivity contribution in [2.45, 2.75) is 85.0 Å². The summed E-state index contributed by atoms with van der Waals surface area (Å²) in [6, 6.07) is 0. The Bertz CT molecular complexity index is 323. The molecule has 0 aromatic rings. The maximum Gasteiger partial charge on any atom is 0.308 e. The molecule has 1 atom stereocenters. The summed E-state index contributed by atoms with van der Waals surface area (Å²) in [5.74, 6) is 3.58. The Labute approximate surface area is 137 Å². The van der Waals surface area contributed by atoms with Crippen LogP contribution in [0.15, 0.2) is 0 Å². The molecular weight excluding hydrogens is 272 g/mol. The van der Waals surface area contributed by atoms with Crippen LogP contribution in [-0.4, -0.2) is 12.6 Å². The molecule has 0 bridgehead atoms. The van der Waals surface area contributed by atoms with Crippen LogP contribution in [0.2, 0.25) is 0 Å². The third-order valence-corrected chi connectivity index (χ3v) is 6.45. The van der Waals surface area contributed by atoms with Crippen molar-refractivity contribution in [2.75, 3.05) is 6.61 Å². The molecule has 2 fully saturated rings. The van der Waals surface area contributed by atoms with E-state index < -0.39 is 0 Å². The van der Waals surface area contributed by atoms with Gasteiger partial charge >= 0.3 is 5.97 Å². The lowest BCUT2D eigenvalue weighted by Gasteiger charge is -2.37. The van der Waals surface area contributed by atoms with Gasteiger partial charge in [0, 0.05) is 0 Å². The fraction of sp³-hybridized carbons (Fsp3) is 0.950. The minimum absolute atomic E-state index is 0.0773. The predicted octanol–water partition coefficient (Wildman–Crippen LogP) is 5.60. The molecule has 128 valence electrons. The number of carbonyl (C=O) groups excluding carboxylic acids is 1. The van der Waals surface area contributed by atoms with Crippen LogP contribution in [0.4, 0.5) is 0 Å². The van der Waals surface area contributed by atoms with Crippen LogP contribution >= 0.6 is 0 Å². The lowest BCUT2D eigenvalue weighted by Crippen LogP contribution is -2.29. The van der Waals surface area contributed by atoms with E-state index in [0.717, 1.165) is 37.0 Å². The van der Waals surface area contributed by atoms with Gasteiger partial charge in [0.2, 0.25) is 0 Å². The van der Waals surface area contributed by atoms with Gasteiger partial charge in [-0.2, -0.15) is 0 Å². The number of esters is 1. The fourth-order valence-corrected chi connectivity index (χ4v) is 4.35. The molecule has 1 unspecified atom stereocenters. The van der Waals surface area contributed by atoms with Crippen LogP contribution in [-0.2, 0) is 9.53 Å². The standard InChI is InChI=1S/C20H36O2/c1-4-15(3)14-22-20(21)19-12-10-18(11-13-19)17-8-6-16(5-2)7-9-17/h15-19H,4-14H2,1-3H3. The summed E-state index contributed by atoms with van der Waals surface area (Å²) in [6.45, 7) is 7.24. The van der Waals surface area contributed by atoms with Gasteiger partial charge in [0.25, 0.3) is 0 Å². The first-order chi connectivity index (χ1) is 10.6. The smallest absolute Gasteiger partial charge is 0.308 e. The van der Waals surface area contributed by atoms with Crippen LogP contribution in [0.1, 0.15) is 85.0 Å². The molecule has 0 radical (unpaired) electrons. The second-order valence-electron chi connectivity index (χ2n) is 7.94. The van der Waals surface area contributed by atoms with Crippen molar-refractivity contribution in [3.05, 3.63) is 0 Å². The molecule has 2 saturated carbocycles. The monoisotopic (exact) mass is 308 g/mol. The minimum Gasteiger partial charge on any atom is -0.465 e. The number of carbonyl (C=O) groups is 1. The number of hydrogen-bond donors (Lipinski definition) is 0. The van der Waals surface area contributed by atoms with E-state index in [9.17, 15) is 4.79 Å². The molecule has 0 heterocycles. The Hall–Kier alpha value is -0.530. The number of hydrogen-bond acceptors (Lipinski definition) is 2. The minimum atomic E-state index is 0.0773. The molecule has 2 aliphatic rings. The summed E-state index contributed by atoms with van der Waals surface area (Å²) in [4.78, 5) is 12.2. The average Bonchev–Trinajstić information content (AvgIpc) is 2.59. The van der Waals surface area contributed by atoms with E-state index in [0.29, 0.717) is 12.5 Å². The quantitative estimate of drug-likeness (QED) is 0.597. The van der Waals surface area contributed by atoms with E-state index in [1.165, 1.54) is 44.9 Å². The fourth-order valence-electron chi connectivity index (χ4n) is 4.35. The third kappa shape index (κ3) is 4.99. The number of ether oxygens (including phenoxy) is 1. The van der Waals surface area contributed by atoms with Crippen molar-refractivity contribution >= 4 is 5.97 Å². The lowest BCUT2D eigenvalue weighted by atomic mass is 9.69. The van der Waals surface area contributed by atoms with Crippen LogP contribution in [0.3, 0.4) is 0 Å². The summed E-state index contributed by atoms with van der Waals surface area (Å²) in [7, 11) is 0. The first-order valence-corrected chi connectivity index (χ1v) is 9.80. The molecule has 0 aromatic heterocycles. The van der Waals surface area contributed by atoms with E-state index >= 15 is 0 Å². The lowest BCUT2D eigenvalue weighted by molar-refractivity contribution is -0.151. The van der Waals surface area contributed by atoms with Crippen molar-refractivity contribution in [2.24, 2.45) is 29.6 Å². The Balaban J connectivity index is 1.68. The van der Waals surface area contributed by atoms with E-state index in [1.807, 2.05) is 0 Å². The zero-order valence-corrected chi connectivity index (χ0v) is 15.0. The van der Waals surface area contributed by atoms with Gasteiger partial charge in [-0.3, -0.25) is 4.79 Å². The zero-order chi connectivity index (χ0) is 15.9. The first-order valence-electron chi connectivity index (χ1n) is 9.80. The van der Waals surface area contributed by atoms with E-state index in [-0.39, 0.29) is 11.9 Å². The molecule has 0 spiro atoms. The predicted molar refractivity (Wildman–Crippen MR) is 91.6 cm³/mol. The maximum absolute atomic E-state index is 12.2. The first kappa shape index (κ1) is 17.8. The molecule has 2 aliphatic carbocycles. The molecule has 0 aromatic carbocycles. The van der Waals surface area contributed by atoms with Gasteiger partial charge < -0.3 is 4.74 Å². The normalized spacial score (nSPS) is 34.1. The molecular formula is C20H36O2. The van der Waals surface area contributed by atoms with Gasteiger partial charge in [-0.05, 0) is 62.2 Å². The topological polar surface area (TPSA) is 26.3 Å². The van der Waals surface area contributed by atoms with Crippen LogP contribution in [0.25, 0.3) is 0 Å². The highest BCUT2D eigenvalue weighted by molar-refractivity contribution is 5.72. The third-order valence-electron chi connectivity index (χ3n) is 6.45. The highest BCUT2D eigenvalue weighted by Gasteiger charge is 2.33. The Morgan fingerprint density at radius 2 is 1.50 bits per heavy atom. The highest BCUT2D eigenvalue weighted by atomic mass is 16.5. The maximum atomic E-state index is 12.2. The van der Waals surface area contributed by atoms with Gasteiger partial charge in [-0.25, -0.2) is 0 Å². The van der Waals surface area contributed by atoms with E-state index in [4.69, 9.17) is 4.74 Å². The summed E-state index contributed by atoms with van der Waals surface area (Å²) in [6.07, 6.45) is 12.8. The molecule has 0 amide bonds. The van der Waals surface area contributed by atoms with Crippen molar-refractivity contribution in [3.8, 4) is 0 Å². The van der Waals surface area contributed by atoms with Crippen molar-refractivity contribution < 1.29 is 9.53 Å². The average molecular weight is 309 g/mol. The molecule has 0 saturated heterocycles. The Kier molecular flexibility index (Phi) is 7.24. The second kappa shape index (κ2) is 8.93. The molecule has 2 nitrogen and oxygen atoms in total. The van der Waals surface area contributed by atoms with Gasteiger partial charge in [0.1, 0.15) is 0 Å². The van der Waals surface area contributed by atoms with Crippen LogP contribution < -0.4 is 0 Å². The zero-order valence-electron chi connectivity index (χ0n) is 15.0. The molecule has 0 aliphatic heterocycles. The van der Waals surface area contributed by atoms with Crippen molar-refractivity contribution in [3.63, 3.8) is 0 Å². The number of rotatable bonds is 6. The van der Waals surface area contributed by atoms with Crippen LogP contribution in [0.5, 0.6) is 0 Å². The SMILES string of the molecule is CCC(C)COC(=O)C1CCC(C2CCC(CC)CC2)CC1. The summed E-state index contributed by atoms with van der Waals surface area (Å²) in [5, 5.41) is 0. The largest absolute Gasteiger partial charge is 0.465 e. The van der Waals surface area contributed by atoms with Gasteiger partial charge in [-0.1, -0.05) is 46.5 Å². The van der Waals surface area contributed by atoms with Gasteiger partial charge in [0.15, 0.2) is 0 Å². The second-order valence-corrected chi connectivity index (χ2v) is 7.94. The van der Waals surface area contributed by atoms with Crippen molar-refractivity contribution in [1.82, 2.24) is 0 Å². The van der Waals surface area contributed by atoms with E-state index in [1.54, 1.807) is 0 Å². The van der Waals surface area contributed by atoms with Crippen molar-refractivity contribution in [1.29, 1.82) is 0 Å². The highest BCUT2D eigenvalue weighted by Crippen LogP contribution is 2.42.